The number of nitriles is 1. The third-order valence-corrected chi connectivity index (χ3v) is 4.04. The summed E-state index contributed by atoms with van der Waals surface area (Å²) < 4.78 is 5.50. The Morgan fingerprint density at radius 2 is 1.95 bits per heavy atom. The first-order valence-electron chi connectivity index (χ1n) is 7.28. The highest BCUT2D eigenvalue weighted by Gasteiger charge is 2.42. The molecule has 0 saturated carbocycles. The molecule has 0 spiro atoms. The smallest absolute Gasteiger partial charge is 0.256 e. The number of amides is 1. The summed E-state index contributed by atoms with van der Waals surface area (Å²) in [6.07, 6.45) is 0. The third kappa shape index (κ3) is 2.17. The van der Waals surface area contributed by atoms with E-state index >= 15 is 0 Å². The third-order valence-electron chi connectivity index (χ3n) is 4.04. The molecule has 1 unspecified atom stereocenters. The first-order chi connectivity index (χ1) is 9.84. The van der Waals surface area contributed by atoms with Crippen molar-refractivity contribution < 1.29 is 9.53 Å². The Hall–Kier alpha value is -2.02. The molecule has 21 heavy (non-hydrogen) atoms. The van der Waals surface area contributed by atoms with Gasteiger partial charge in [0.05, 0.1) is 13.2 Å². The minimum atomic E-state index is -0.529. The van der Waals surface area contributed by atoms with Crippen LogP contribution in [0.3, 0.4) is 0 Å². The average Bonchev–Trinajstić information content (AvgIpc) is 2.71. The van der Waals surface area contributed by atoms with Crippen LogP contribution in [0.5, 0.6) is 5.75 Å². The molecule has 4 nitrogen and oxygen atoms in total. The van der Waals surface area contributed by atoms with Gasteiger partial charge in [0.15, 0.2) is 0 Å². The zero-order chi connectivity index (χ0) is 15.9. The minimum Gasteiger partial charge on any atom is -0.496 e. The molecule has 1 atom stereocenters. The number of methoxy groups -OCH3 is 1. The van der Waals surface area contributed by atoms with Crippen molar-refractivity contribution in [1.82, 2.24) is 4.90 Å². The maximum absolute atomic E-state index is 12.7. The molecule has 1 aliphatic heterocycles. The fourth-order valence-corrected chi connectivity index (χ4v) is 3.20. The second-order valence-corrected chi connectivity index (χ2v) is 6.09. The number of carbonyl (C=O) groups is 1. The molecule has 1 aliphatic rings. The highest BCUT2D eigenvalue weighted by atomic mass is 16.5. The Morgan fingerprint density at radius 3 is 2.38 bits per heavy atom. The summed E-state index contributed by atoms with van der Waals surface area (Å²) in [5, 5.41) is 9.63. The molecule has 112 valence electrons. The molecular weight excluding hydrogens is 264 g/mol. The largest absolute Gasteiger partial charge is 0.496 e. The van der Waals surface area contributed by atoms with Crippen LogP contribution in [-0.4, -0.2) is 24.0 Å². The second-order valence-electron chi connectivity index (χ2n) is 6.09. The number of nitrogens with zero attached hydrogens (tertiary/aromatic N) is 2. The quantitative estimate of drug-likeness (QED) is 0.853. The predicted octanol–water partition coefficient (Wildman–Crippen LogP) is 3.56. The van der Waals surface area contributed by atoms with Crippen LogP contribution in [0.25, 0.3) is 0 Å². The van der Waals surface area contributed by atoms with Crippen molar-refractivity contribution in [1.29, 1.82) is 5.26 Å². The van der Waals surface area contributed by atoms with Crippen LogP contribution in [-0.2, 0) is 0 Å². The minimum absolute atomic E-state index is 0.0139. The van der Waals surface area contributed by atoms with E-state index in [1.165, 1.54) is 0 Å². The van der Waals surface area contributed by atoms with Gasteiger partial charge in [-0.05, 0) is 38.3 Å². The summed E-state index contributed by atoms with van der Waals surface area (Å²) in [6.45, 7) is 9.90. The molecule has 2 rings (SSSR count). The van der Waals surface area contributed by atoms with Crippen molar-refractivity contribution in [2.24, 2.45) is 0 Å². The van der Waals surface area contributed by atoms with Crippen molar-refractivity contribution in [3.05, 3.63) is 28.3 Å². The van der Waals surface area contributed by atoms with Gasteiger partial charge < -0.3 is 9.64 Å². The summed E-state index contributed by atoms with van der Waals surface area (Å²) in [5.41, 5.74) is 3.36. The lowest BCUT2D eigenvalue weighted by atomic mass is 9.88. The molecule has 0 fully saturated rings. The van der Waals surface area contributed by atoms with Crippen molar-refractivity contribution in [2.45, 2.75) is 52.6 Å². The Morgan fingerprint density at radius 1 is 1.33 bits per heavy atom. The summed E-state index contributed by atoms with van der Waals surface area (Å²) in [6, 6.07) is 3.67. The lowest BCUT2D eigenvalue weighted by Crippen LogP contribution is -2.34. The molecule has 0 bridgehead atoms. The van der Waals surface area contributed by atoms with Gasteiger partial charge in [0.25, 0.3) is 5.91 Å². The monoisotopic (exact) mass is 286 g/mol. The Balaban J connectivity index is 2.82. The van der Waals surface area contributed by atoms with Crippen LogP contribution < -0.4 is 4.74 Å². The van der Waals surface area contributed by atoms with E-state index in [2.05, 4.69) is 19.9 Å². The topological polar surface area (TPSA) is 53.3 Å². The Bertz CT molecular complexity index is 627. The number of hydrogen-bond acceptors (Lipinski definition) is 3. The molecular formula is C17H22N2O2. The van der Waals surface area contributed by atoms with Gasteiger partial charge in [0.2, 0.25) is 0 Å². The van der Waals surface area contributed by atoms with Crippen LogP contribution in [0, 0.1) is 18.3 Å². The molecule has 0 radical (unpaired) electrons. The fourth-order valence-electron chi connectivity index (χ4n) is 3.20. The zero-order valence-corrected chi connectivity index (χ0v) is 13.5. The van der Waals surface area contributed by atoms with E-state index < -0.39 is 6.04 Å². The van der Waals surface area contributed by atoms with Gasteiger partial charge in [-0.25, -0.2) is 0 Å². The van der Waals surface area contributed by atoms with Gasteiger partial charge in [-0.2, -0.15) is 5.26 Å². The number of rotatable bonds is 3. The van der Waals surface area contributed by atoms with E-state index in [1.807, 2.05) is 26.8 Å². The summed E-state index contributed by atoms with van der Waals surface area (Å²) in [4.78, 5) is 14.4. The van der Waals surface area contributed by atoms with Crippen LogP contribution in [0.2, 0.25) is 0 Å². The fraction of sp³-hybridized carbons (Fsp3) is 0.529. The van der Waals surface area contributed by atoms with Crippen LogP contribution in [0.4, 0.5) is 0 Å². The average molecular weight is 286 g/mol. The highest BCUT2D eigenvalue weighted by molar-refractivity contribution is 6.02. The van der Waals surface area contributed by atoms with E-state index in [0.717, 1.165) is 22.4 Å². The van der Waals surface area contributed by atoms with E-state index in [-0.39, 0.29) is 17.9 Å². The van der Waals surface area contributed by atoms with E-state index in [1.54, 1.807) is 12.0 Å². The van der Waals surface area contributed by atoms with Crippen molar-refractivity contribution in [3.63, 3.8) is 0 Å². The lowest BCUT2D eigenvalue weighted by molar-refractivity contribution is 0.0703. The number of hydrogen-bond donors (Lipinski definition) is 0. The van der Waals surface area contributed by atoms with Gasteiger partial charge in [-0.1, -0.05) is 13.8 Å². The van der Waals surface area contributed by atoms with E-state index in [0.29, 0.717) is 5.56 Å². The molecule has 0 saturated heterocycles. The number of ether oxygens (including phenoxy) is 1. The molecule has 4 heteroatoms. The first kappa shape index (κ1) is 15.4. The summed E-state index contributed by atoms with van der Waals surface area (Å²) in [7, 11) is 1.63. The van der Waals surface area contributed by atoms with Gasteiger partial charge >= 0.3 is 0 Å². The van der Waals surface area contributed by atoms with Gasteiger partial charge in [-0.3, -0.25) is 4.79 Å². The van der Waals surface area contributed by atoms with Crippen LogP contribution >= 0.6 is 0 Å². The molecule has 1 aromatic carbocycles. The van der Waals surface area contributed by atoms with Gasteiger partial charge in [0.1, 0.15) is 11.8 Å². The van der Waals surface area contributed by atoms with Crippen LogP contribution in [0.15, 0.2) is 6.07 Å². The molecule has 0 aromatic heterocycles. The number of benzene rings is 1. The zero-order valence-electron chi connectivity index (χ0n) is 13.5. The summed E-state index contributed by atoms with van der Waals surface area (Å²) in [5.74, 6) is 0.901. The van der Waals surface area contributed by atoms with Crippen molar-refractivity contribution in [2.75, 3.05) is 7.11 Å². The molecule has 1 heterocycles. The predicted molar refractivity (Wildman–Crippen MR) is 81.5 cm³/mol. The van der Waals surface area contributed by atoms with Crippen molar-refractivity contribution in [3.8, 4) is 11.8 Å². The lowest BCUT2D eigenvalue weighted by Gasteiger charge is -2.25. The first-order valence-corrected chi connectivity index (χ1v) is 7.28. The number of carbonyl (C=O) groups excluding carboxylic acids is 1. The molecule has 1 aromatic rings. The van der Waals surface area contributed by atoms with Crippen LogP contribution in [0.1, 0.15) is 66.7 Å². The molecule has 1 amide bonds. The summed E-state index contributed by atoms with van der Waals surface area (Å²) >= 11 is 0. The van der Waals surface area contributed by atoms with E-state index in [4.69, 9.17) is 4.74 Å². The second kappa shape index (κ2) is 5.40. The maximum atomic E-state index is 12.7. The van der Waals surface area contributed by atoms with E-state index in [9.17, 15) is 10.1 Å². The highest BCUT2D eigenvalue weighted by Crippen LogP contribution is 2.44. The Kier molecular flexibility index (Phi) is 3.95. The molecule has 0 aliphatic carbocycles. The number of fused-ring (bicyclic) bond motifs is 1. The molecule has 0 N–H and O–H groups in total. The van der Waals surface area contributed by atoms with Gasteiger partial charge in [0, 0.05) is 22.7 Å². The SMILES string of the molecule is COc1cc(C)c2c(c1C(C)C)C(C#N)N(C(C)C)C2=O. The number of aryl methyl sites for hydroxylation is 1. The maximum Gasteiger partial charge on any atom is 0.256 e. The standard InChI is InChI=1S/C17H22N2O2/c1-9(2)14-13(21-6)7-11(5)15-16(14)12(8-18)19(10(3)4)17(15)20/h7,9-10,12H,1-6H3. The van der Waals surface area contributed by atoms with Crippen molar-refractivity contribution >= 4 is 5.91 Å². The normalized spacial score (nSPS) is 17.4. The Labute approximate surface area is 126 Å². The van der Waals surface area contributed by atoms with Gasteiger partial charge in [-0.15, -0.1) is 0 Å².